The Morgan fingerprint density at radius 3 is 2.50 bits per heavy atom. The lowest BCUT2D eigenvalue weighted by Crippen LogP contribution is -1.85. The first kappa shape index (κ1) is 11.2. The zero-order chi connectivity index (χ0) is 10.4. The first-order valence-electron chi connectivity index (χ1n) is 4.50. The van der Waals surface area contributed by atoms with Crippen LogP contribution in [0.25, 0.3) is 0 Å². The van der Waals surface area contributed by atoms with Gasteiger partial charge < -0.3 is 4.74 Å². The predicted octanol–water partition coefficient (Wildman–Crippen LogP) is 2.68. The molecule has 0 heterocycles. The van der Waals surface area contributed by atoms with Crippen molar-refractivity contribution in [2.24, 2.45) is 0 Å². The van der Waals surface area contributed by atoms with Crippen LogP contribution in [0.3, 0.4) is 0 Å². The number of benzene rings is 1. The molecule has 0 amide bonds. The number of methoxy groups -OCH3 is 1. The van der Waals surface area contributed by atoms with Crippen LogP contribution in [0, 0.1) is 11.8 Å². The van der Waals surface area contributed by atoms with Gasteiger partial charge in [0.05, 0.1) is 0 Å². The summed E-state index contributed by atoms with van der Waals surface area (Å²) in [7, 11) is 1.64. The number of hydrogen-bond donors (Lipinski definition) is 1. The van der Waals surface area contributed by atoms with E-state index in [2.05, 4.69) is 43.5 Å². The van der Waals surface area contributed by atoms with Crippen molar-refractivity contribution in [1.29, 1.82) is 0 Å². The Morgan fingerprint density at radius 2 is 2.00 bits per heavy atom. The molecule has 0 fully saturated rings. The van der Waals surface area contributed by atoms with Gasteiger partial charge >= 0.3 is 0 Å². The summed E-state index contributed by atoms with van der Waals surface area (Å²) >= 11 is 4.35. The molecular formula is C12H14OS. The molecule has 1 aromatic rings. The van der Waals surface area contributed by atoms with Gasteiger partial charge in [0.2, 0.25) is 0 Å². The van der Waals surface area contributed by atoms with E-state index in [9.17, 15) is 0 Å². The van der Waals surface area contributed by atoms with E-state index in [4.69, 9.17) is 4.74 Å². The molecule has 74 valence electrons. The zero-order valence-electron chi connectivity index (χ0n) is 8.45. The minimum absolute atomic E-state index is 0.274. The van der Waals surface area contributed by atoms with Gasteiger partial charge in [-0.25, -0.2) is 0 Å². The molecule has 2 heteroatoms. The SMILES string of the molecule is COCC#Cc1ccc(C(C)S)cc1. The highest BCUT2D eigenvalue weighted by atomic mass is 32.1. The van der Waals surface area contributed by atoms with Crippen molar-refractivity contribution in [2.45, 2.75) is 12.2 Å². The highest BCUT2D eigenvalue weighted by Crippen LogP contribution is 2.18. The lowest BCUT2D eigenvalue weighted by molar-refractivity contribution is 0.240. The first-order chi connectivity index (χ1) is 6.74. The van der Waals surface area contributed by atoms with Crippen molar-refractivity contribution in [2.75, 3.05) is 13.7 Å². The second-order valence-corrected chi connectivity index (χ2v) is 3.81. The largest absolute Gasteiger partial charge is 0.372 e. The third-order valence-corrected chi connectivity index (χ3v) is 2.14. The third-order valence-electron chi connectivity index (χ3n) is 1.84. The summed E-state index contributed by atoms with van der Waals surface area (Å²) in [5, 5.41) is 0.274. The van der Waals surface area contributed by atoms with E-state index in [0.29, 0.717) is 6.61 Å². The summed E-state index contributed by atoms with van der Waals surface area (Å²) < 4.78 is 4.84. The molecule has 0 N–H and O–H groups in total. The fraction of sp³-hybridized carbons (Fsp3) is 0.333. The van der Waals surface area contributed by atoms with Crippen LogP contribution in [0.2, 0.25) is 0 Å². The molecule has 0 saturated heterocycles. The molecule has 1 aromatic carbocycles. The number of hydrogen-bond acceptors (Lipinski definition) is 2. The zero-order valence-corrected chi connectivity index (χ0v) is 9.34. The van der Waals surface area contributed by atoms with Crippen LogP contribution < -0.4 is 0 Å². The molecule has 1 unspecified atom stereocenters. The standard InChI is InChI=1S/C12H14OS/c1-10(14)12-7-5-11(6-8-12)4-3-9-13-2/h5-8,10,14H,9H2,1-2H3. The van der Waals surface area contributed by atoms with Crippen LogP contribution in [0.15, 0.2) is 24.3 Å². The molecule has 0 saturated carbocycles. The normalized spacial score (nSPS) is 11.6. The maximum Gasteiger partial charge on any atom is 0.107 e. The van der Waals surface area contributed by atoms with Gasteiger partial charge in [-0.05, 0) is 24.6 Å². The smallest absolute Gasteiger partial charge is 0.107 e. The van der Waals surface area contributed by atoms with Crippen LogP contribution in [-0.4, -0.2) is 13.7 Å². The summed E-state index contributed by atoms with van der Waals surface area (Å²) in [5.74, 6) is 5.92. The predicted molar refractivity (Wildman–Crippen MR) is 62.6 cm³/mol. The third kappa shape index (κ3) is 3.45. The quantitative estimate of drug-likeness (QED) is 0.578. The minimum atomic E-state index is 0.274. The summed E-state index contributed by atoms with van der Waals surface area (Å²) in [6.07, 6.45) is 0. The fourth-order valence-electron chi connectivity index (χ4n) is 1.06. The van der Waals surface area contributed by atoms with Crippen molar-refractivity contribution in [3.63, 3.8) is 0 Å². The second-order valence-electron chi connectivity index (χ2n) is 3.03. The Balaban J connectivity index is 2.70. The fourth-order valence-corrected chi connectivity index (χ4v) is 1.23. The van der Waals surface area contributed by atoms with Gasteiger partial charge in [-0.2, -0.15) is 12.6 Å². The van der Waals surface area contributed by atoms with Gasteiger partial charge in [-0.15, -0.1) is 0 Å². The number of ether oxygens (including phenoxy) is 1. The van der Waals surface area contributed by atoms with Gasteiger partial charge in [0.1, 0.15) is 6.61 Å². The summed E-state index contributed by atoms with van der Waals surface area (Å²) in [6, 6.07) is 8.11. The highest BCUT2D eigenvalue weighted by molar-refractivity contribution is 7.80. The maximum atomic E-state index is 4.84. The van der Waals surface area contributed by atoms with E-state index in [1.807, 2.05) is 12.1 Å². The minimum Gasteiger partial charge on any atom is -0.372 e. The molecule has 0 bridgehead atoms. The van der Waals surface area contributed by atoms with Crippen LogP contribution in [-0.2, 0) is 4.74 Å². The molecule has 1 atom stereocenters. The van der Waals surface area contributed by atoms with E-state index in [1.165, 1.54) is 5.56 Å². The Hall–Kier alpha value is -0.910. The lowest BCUT2D eigenvalue weighted by atomic mass is 10.1. The van der Waals surface area contributed by atoms with Crippen LogP contribution >= 0.6 is 12.6 Å². The summed E-state index contributed by atoms with van der Waals surface area (Å²) in [5.41, 5.74) is 2.23. The maximum absolute atomic E-state index is 4.84. The number of rotatable bonds is 2. The van der Waals surface area contributed by atoms with Gasteiger partial charge in [0.15, 0.2) is 0 Å². The topological polar surface area (TPSA) is 9.23 Å². The molecule has 0 aliphatic carbocycles. The summed E-state index contributed by atoms with van der Waals surface area (Å²) in [6.45, 7) is 2.53. The van der Waals surface area contributed by atoms with Crippen LogP contribution in [0.5, 0.6) is 0 Å². The first-order valence-corrected chi connectivity index (χ1v) is 5.01. The van der Waals surface area contributed by atoms with Crippen molar-refractivity contribution in [3.05, 3.63) is 35.4 Å². The Kier molecular flexibility index (Phi) is 4.58. The van der Waals surface area contributed by atoms with Gasteiger partial charge in [-0.1, -0.05) is 24.0 Å². The molecule has 0 radical (unpaired) electrons. The molecule has 1 rings (SSSR count). The van der Waals surface area contributed by atoms with E-state index >= 15 is 0 Å². The van der Waals surface area contributed by atoms with E-state index < -0.39 is 0 Å². The lowest BCUT2D eigenvalue weighted by Gasteiger charge is -2.02. The van der Waals surface area contributed by atoms with E-state index in [1.54, 1.807) is 7.11 Å². The van der Waals surface area contributed by atoms with Crippen molar-refractivity contribution >= 4 is 12.6 Å². The monoisotopic (exact) mass is 206 g/mol. The van der Waals surface area contributed by atoms with Gasteiger partial charge in [-0.3, -0.25) is 0 Å². The molecule has 14 heavy (non-hydrogen) atoms. The molecular weight excluding hydrogens is 192 g/mol. The average Bonchev–Trinajstić information content (AvgIpc) is 2.19. The van der Waals surface area contributed by atoms with Crippen molar-refractivity contribution in [3.8, 4) is 11.8 Å². The van der Waals surface area contributed by atoms with Gasteiger partial charge in [0.25, 0.3) is 0 Å². The Labute approximate surface area is 90.9 Å². The van der Waals surface area contributed by atoms with Crippen LogP contribution in [0.4, 0.5) is 0 Å². The van der Waals surface area contributed by atoms with E-state index in [0.717, 1.165) is 5.56 Å². The Morgan fingerprint density at radius 1 is 1.36 bits per heavy atom. The number of thiol groups is 1. The van der Waals surface area contributed by atoms with E-state index in [-0.39, 0.29) is 5.25 Å². The van der Waals surface area contributed by atoms with Crippen molar-refractivity contribution in [1.82, 2.24) is 0 Å². The molecule has 1 nitrogen and oxygen atoms in total. The Bertz CT molecular complexity index is 330. The van der Waals surface area contributed by atoms with Crippen LogP contribution in [0.1, 0.15) is 23.3 Å². The molecule has 0 spiro atoms. The molecule has 0 aliphatic rings. The molecule has 0 aliphatic heterocycles. The van der Waals surface area contributed by atoms with Crippen molar-refractivity contribution < 1.29 is 4.74 Å². The second kappa shape index (κ2) is 5.74. The highest BCUT2D eigenvalue weighted by Gasteiger charge is 1.97. The average molecular weight is 206 g/mol. The molecule has 0 aromatic heterocycles. The summed E-state index contributed by atoms with van der Waals surface area (Å²) in [4.78, 5) is 0. The van der Waals surface area contributed by atoms with Gasteiger partial charge in [0, 0.05) is 17.9 Å².